The van der Waals surface area contributed by atoms with Gasteiger partial charge in [-0.3, -0.25) is 4.79 Å². The first-order valence-electron chi connectivity index (χ1n) is 6.63. The summed E-state index contributed by atoms with van der Waals surface area (Å²) in [7, 11) is -3.38. The predicted octanol–water partition coefficient (Wildman–Crippen LogP) is -0.383. The summed E-state index contributed by atoms with van der Waals surface area (Å²) in [6.07, 6.45) is 2.50. The van der Waals surface area contributed by atoms with Crippen molar-refractivity contribution in [1.29, 1.82) is 0 Å². The van der Waals surface area contributed by atoms with Crippen LogP contribution in [0.15, 0.2) is 0 Å². The summed E-state index contributed by atoms with van der Waals surface area (Å²) < 4.78 is 28.0. The molecule has 0 aromatic carbocycles. The molecule has 0 aliphatic carbocycles. The minimum absolute atomic E-state index is 0.0860. The molecule has 3 N–H and O–H groups in total. The van der Waals surface area contributed by atoms with Crippen molar-refractivity contribution in [3.8, 4) is 0 Å². The molecule has 19 heavy (non-hydrogen) atoms. The van der Waals surface area contributed by atoms with E-state index in [9.17, 15) is 13.2 Å². The maximum Gasteiger partial charge on any atom is 0.317 e. The zero-order valence-electron chi connectivity index (χ0n) is 11.3. The van der Waals surface area contributed by atoms with Gasteiger partial charge in [0.05, 0.1) is 6.54 Å². The zero-order valence-corrected chi connectivity index (χ0v) is 12.1. The molecular weight excluding hydrogens is 270 g/mol. The van der Waals surface area contributed by atoms with Crippen LogP contribution in [-0.2, 0) is 15.0 Å². The van der Waals surface area contributed by atoms with Gasteiger partial charge in [-0.2, -0.15) is 12.7 Å². The van der Waals surface area contributed by atoms with Gasteiger partial charge in [-0.05, 0) is 31.7 Å². The van der Waals surface area contributed by atoms with Crippen LogP contribution in [0.5, 0.6) is 0 Å². The quantitative estimate of drug-likeness (QED) is 0.566. The average Bonchev–Trinajstić information content (AvgIpc) is 2.36. The highest BCUT2D eigenvalue weighted by molar-refractivity contribution is 7.87. The lowest BCUT2D eigenvalue weighted by Crippen LogP contribution is -2.48. The van der Waals surface area contributed by atoms with Crippen LogP contribution in [-0.4, -0.2) is 56.5 Å². The van der Waals surface area contributed by atoms with Gasteiger partial charge in [0.1, 0.15) is 0 Å². The van der Waals surface area contributed by atoms with Gasteiger partial charge in [-0.1, -0.05) is 6.92 Å². The van der Waals surface area contributed by atoms with Crippen molar-refractivity contribution < 1.29 is 18.3 Å². The van der Waals surface area contributed by atoms with Crippen LogP contribution in [0.1, 0.15) is 26.2 Å². The third-order valence-electron chi connectivity index (χ3n) is 3.07. The number of nitrogens with zero attached hydrogens (tertiary/aromatic N) is 1. The van der Waals surface area contributed by atoms with Crippen molar-refractivity contribution in [2.75, 3.05) is 32.7 Å². The Balaban J connectivity index is 2.43. The number of hydrogen-bond acceptors (Lipinski definition) is 4. The summed E-state index contributed by atoms with van der Waals surface area (Å²) in [4.78, 5) is 10.4. The van der Waals surface area contributed by atoms with Gasteiger partial charge in [0.15, 0.2) is 0 Å². The van der Waals surface area contributed by atoms with Gasteiger partial charge in [0.2, 0.25) is 0 Å². The summed E-state index contributed by atoms with van der Waals surface area (Å²) in [5.41, 5.74) is 0. The van der Waals surface area contributed by atoms with E-state index < -0.39 is 16.2 Å². The van der Waals surface area contributed by atoms with Crippen LogP contribution in [0.4, 0.5) is 0 Å². The first kappa shape index (κ1) is 16.4. The number of carbonyl (C=O) groups is 1. The third-order valence-corrected chi connectivity index (χ3v) is 4.65. The van der Waals surface area contributed by atoms with Gasteiger partial charge in [-0.15, -0.1) is 0 Å². The minimum atomic E-state index is -3.38. The van der Waals surface area contributed by atoms with Crippen LogP contribution < -0.4 is 10.0 Å². The zero-order chi connectivity index (χ0) is 14.3. The lowest BCUT2D eigenvalue weighted by Gasteiger charge is -2.31. The Labute approximate surface area is 114 Å². The number of nitrogens with one attached hydrogen (secondary N) is 2. The molecule has 1 rings (SSSR count). The molecular formula is C11H23N3O4S. The van der Waals surface area contributed by atoms with Gasteiger partial charge < -0.3 is 10.4 Å². The standard InChI is InChI=1S/C11H23N3O4S/c1-2-5-13-19(17,18)14-6-3-4-10(9-14)7-12-8-11(15)16/h10,12-13H,2-9H2,1H3,(H,15,16). The normalized spacial score (nSPS) is 21.4. The molecule has 0 amide bonds. The van der Waals surface area contributed by atoms with E-state index in [1.165, 1.54) is 4.31 Å². The van der Waals surface area contributed by atoms with Gasteiger partial charge in [-0.25, -0.2) is 4.72 Å². The van der Waals surface area contributed by atoms with E-state index in [1.807, 2.05) is 6.92 Å². The largest absolute Gasteiger partial charge is 0.480 e. The van der Waals surface area contributed by atoms with E-state index in [4.69, 9.17) is 5.11 Å². The van der Waals surface area contributed by atoms with E-state index in [0.717, 1.165) is 19.3 Å². The topological polar surface area (TPSA) is 98.7 Å². The maximum absolute atomic E-state index is 12.0. The Kier molecular flexibility index (Phi) is 6.70. The molecule has 1 aliphatic rings. The van der Waals surface area contributed by atoms with E-state index >= 15 is 0 Å². The highest BCUT2D eigenvalue weighted by Gasteiger charge is 2.28. The Morgan fingerprint density at radius 1 is 1.47 bits per heavy atom. The summed E-state index contributed by atoms with van der Waals surface area (Å²) in [6.45, 7) is 3.79. The van der Waals surface area contributed by atoms with Gasteiger partial charge >= 0.3 is 5.97 Å². The fraction of sp³-hybridized carbons (Fsp3) is 0.909. The molecule has 0 spiro atoms. The number of carboxylic acid groups (broad SMARTS) is 1. The smallest absolute Gasteiger partial charge is 0.317 e. The molecule has 0 bridgehead atoms. The van der Waals surface area contributed by atoms with Crippen molar-refractivity contribution in [1.82, 2.24) is 14.3 Å². The predicted molar refractivity (Wildman–Crippen MR) is 72.0 cm³/mol. The molecule has 0 radical (unpaired) electrons. The molecule has 0 aromatic rings. The van der Waals surface area contributed by atoms with Crippen LogP contribution in [0.25, 0.3) is 0 Å². The number of piperidine rings is 1. The lowest BCUT2D eigenvalue weighted by molar-refractivity contribution is -0.136. The second-order valence-electron chi connectivity index (χ2n) is 4.79. The molecule has 112 valence electrons. The Morgan fingerprint density at radius 3 is 2.84 bits per heavy atom. The van der Waals surface area contributed by atoms with Crippen molar-refractivity contribution in [2.45, 2.75) is 26.2 Å². The van der Waals surface area contributed by atoms with E-state index in [1.54, 1.807) is 0 Å². The lowest BCUT2D eigenvalue weighted by atomic mass is 10.00. The molecule has 0 aromatic heterocycles. The fourth-order valence-corrected chi connectivity index (χ4v) is 3.54. The first-order valence-corrected chi connectivity index (χ1v) is 8.07. The summed E-state index contributed by atoms with van der Waals surface area (Å²) >= 11 is 0. The molecule has 1 fully saturated rings. The molecule has 1 saturated heterocycles. The van der Waals surface area contributed by atoms with Crippen LogP contribution >= 0.6 is 0 Å². The average molecular weight is 293 g/mol. The Hall–Kier alpha value is -0.700. The van der Waals surface area contributed by atoms with Crippen molar-refractivity contribution >= 4 is 16.2 Å². The van der Waals surface area contributed by atoms with Crippen LogP contribution in [0.3, 0.4) is 0 Å². The molecule has 1 heterocycles. The first-order chi connectivity index (χ1) is 8.95. The molecule has 8 heteroatoms. The SMILES string of the molecule is CCCNS(=O)(=O)N1CCCC(CNCC(=O)O)C1. The highest BCUT2D eigenvalue weighted by Crippen LogP contribution is 2.17. The monoisotopic (exact) mass is 293 g/mol. The van der Waals surface area contributed by atoms with Crippen molar-refractivity contribution in [3.05, 3.63) is 0 Å². The fourth-order valence-electron chi connectivity index (χ4n) is 2.12. The molecule has 7 nitrogen and oxygen atoms in total. The number of rotatable bonds is 8. The van der Waals surface area contributed by atoms with Crippen LogP contribution in [0.2, 0.25) is 0 Å². The minimum Gasteiger partial charge on any atom is -0.480 e. The summed E-state index contributed by atoms with van der Waals surface area (Å²) in [5, 5.41) is 11.4. The number of aliphatic carboxylic acids is 1. The number of carboxylic acids is 1. The maximum atomic E-state index is 12.0. The van der Waals surface area contributed by atoms with E-state index in [-0.39, 0.29) is 12.5 Å². The van der Waals surface area contributed by atoms with Gasteiger partial charge in [0, 0.05) is 19.6 Å². The summed E-state index contributed by atoms with van der Waals surface area (Å²) in [5.74, 6) is -0.726. The second kappa shape index (κ2) is 7.78. The third kappa shape index (κ3) is 5.85. The molecule has 0 saturated carbocycles. The van der Waals surface area contributed by atoms with E-state index in [0.29, 0.717) is 26.2 Å². The van der Waals surface area contributed by atoms with Gasteiger partial charge in [0.25, 0.3) is 10.2 Å². The highest BCUT2D eigenvalue weighted by atomic mass is 32.2. The van der Waals surface area contributed by atoms with Crippen molar-refractivity contribution in [3.63, 3.8) is 0 Å². The molecule has 1 aliphatic heterocycles. The van der Waals surface area contributed by atoms with Crippen LogP contribution in [0, 0.1) is 5.92 Å². The Bertz CT molecular complexity index is 385. The number of hydrogen-bond donors (Lipinski definition) is 3. The molecule has 1 atom stereocenters. The van der Waals surface area contributed by atoms with E-state index in [2.05, 4.69) is 10.0 Å². The Morgan fingerprint density at radius 2 is 2.21 bits per heavy atom. The molecule has 1 unspecified atom stereocenters. The second-order valence-corrected chi connectivity index (χ2v) is 6.55. The summed E-state index contributed by atoms with van der Waals surface area (Å²) in [6, 6.07) is 0. The van der Waals surface area contributed by atoms with Crippen molar-refractivity contribution in [2.24, 2.45) is 5.92 Å².